The van der Waals surface area contributed by atoms with Crippen molar-refractivity contribution < 1.29 is 43.2 Å². The number of carbonyl (C=O) groups excluding carboxylic acids is 2. The number of para-hydroxylation sites is 1. The van der Waals surface area contributed by atoms with Crippen molar-refractivity contribution in [2.24, 2.45) is 11.8 Å². The third-order valence-electron chi connectivity index (χ3n) is 10.5. The van der Waals surface area contributed by atoms with Crippen LogP contribution in [-0.4, -0.2) is 74.5 Å². The summed E-state index contributed by atoms with van der Waals surface area (Å²) in [5.41, 5.74) is 1.40. The van der Waals surface area contributed by atoms with Gasteiger partial charge in [0.25, 0.3) is 0 Å². The van der Waals surface area contributed by atoms with Gasteiger partial charge in [0.15, 0.2) is 14.1 Å². The first-order chi connectivity index (χ1) is 23.7. The first-order valence-electron chi connectivity index (χ1n) is 16.9. The van der Waals surface area contributed by atoms with Gasteiger partial charge in [-0.2, -0.15) is 5.26 Å². The number of fused-ring (bicyclic) bond motifs is 2. The average Bonchev–Trinajstić information content (AvgIpc) is 3.08. The van der Waals surface area contributed by atoms with E-state index in [1.165, 1.54) is 0 Å². The normalized spacial score (nSPS) is 23.4. The minimum absolute atomic E-state index is 0.0211. The summed E-state index contributed by atoms with van der Waals surface area (Å²) in [6, 6.07) is 22.9. The lowest BCUT2D eigenvalue weighted by Crippen LogP contribution is -2.77. The van der Waals surface area contributed by atoms with E-state index >= 15 is 0 Å². The molecule has 1 N–H and O–H groups in total. The molecule has 5 rings (SSSR count). The molecule has 2 aliphatic heterocycles. The minimum Gasteiger partial charge on any atom is -0.495 e. The quantitative estimate of drug-likeness (QED) is 0.111. The molecule has 12 heteroatoms. The molecule has 3 aromatic carbocycles. The van der Waals surface area contributed by atoms with Gasteiger partial charge in [0, 0.05) is 26.1 Å². The molecule has 3 aromatic rings. The zero-order chi connectivity index (χ0) is 36.3. The van der Waals surface area contributed by atoms with Crippen LogP contribution in [0.2, 0.25) is 18.1 Å². The number of benzene rings is 3. The molecule has 50 heavy (non-hydrogen) atoms. The van der Waals surface area contributed by atoms with Crippen LogP contribution in [0.3, 0.4) is 0 Å². The number of nitrogens with zero attached hydrogens (tertiary/aromatic N) is 3. The fourth-order valence-corrected chi connectivity index (χ4v) is 8.02. The Bertz CT molecular complexity index is 1740. The SMILES string of the molecule is CC(C)(C)[Si](C)(C)OCCCC1C2CN(c3ccccc3C(=O)O)CC(C[N+]1(Oc1ccc(C#N)cc1)C(=O)[O-])C2OC(=O)c1ccccc1. The average molecular weight is 700 g/mol. The van der Waals surface area contributed by atoms with Crippen molar-refractivity contribution in [3.63, 3.8) is 0 Å². The van der Waals surface area contributed by atoms with Gasteiger partial charge in [-0.25, -0.2) is 9.59 Å². The number of nitriles is 1. The highest BCUT2D eigenvalue weighted by Gasteiger charge is 2.61. The van der Waals surface area contributed by atoms with Crippen molar-refractivity contribution in [3.05, 3.63) is 95.6 Å². The summed E-state index contributed by atoms with van der Waals surface area (Å²) in [6.45, 7) is 11.5. The van der Waals surface area contributed by atoms with Crippen LogP contribution in [0.1, 0.15) is 59.9 Å². The van der Waals surface area contributed by atoms with Crippen LogP contribution in [0.25, 0.3) is 0 Å². The van der Waals surface area contributed by atoms with Gasteiger partial charge in [0.2, 0.25) is 0 Å². The monoisotopic (exact) mass is 699 g/mol. The van der Waals surface area contributed by atoms with E-state index in [2.05, 4.69) is 39.9 Å². The molecule has 0 aliphatic carbocycles. The number of piperidine rings is 2. The van der Waals surface area contributed by atoms with Crippen LogP contribution in [0.15, 0.2) is 78.9 Å². The lowest BCUT2D eigenvalue weighted by Gasteiger charge is -2.56. The summed E-state index contributed by atoms with van der Waals surface area (Å²) in [6.07, 6.45) is -1.32. The molecule has 0 aromatic heterocycles. The van der Waals surface area contributed by atoms with Crippen LogP contribution in [-0.2, 0) is 9.16 Å². The Morgan fingerprint density at radius 3 is 2.28 bits per heavy atom. The molecule has 0 saturated carbocycles. The smallest absolute Gasteiger partial charge is 0.338 e. The molecule has 2 fully saturated rings. The summed E-state index contributed by atoms with van der Waals surface area (Å²) in [7, 11) is -2.11. The fourth-order valence-electron chi connectivity index (χ4n) is 6.93. The highest BCUT2D eigenvalue weighted by atomic mass is 28.4. The van der Waals surface area contributed by atoms with Crippen molar-refractivity contribution in [1.82, 2.24) is 0 Å². The van der Waals surface area contributed by atoms with E-state index in [4.69, 9.17) is 14.0 Å². The Kier molecular flexibility index (Phi) is 10.7. The first-order valence-corrected chi connectivity index (χ1v) is 19.8. The molecular weight excluding hydrogens is 655 g/mol. The summed E-state index contributed by atoms with van der Waals surface area (Å²) in [5.74, 6) is -2.54. The van der Waals surface area contributed by atoms with Gasteiger partial charge in [0.05, 0.1) is 40.3 Å². The van der Waals surface area contributed by atoms with Crippen LogP contribution >= 0.6 is 0 Å². The third kappa shape index (κ3) is 7.55. The van der Waals surface area contributed by atoms with Crippen LogP contribution in [0, 0.1) is 23.2 Å². The maximum Gasteiger partial charge on any atom is 0.338 e. The molecule has 0 spiro atoms. The summed E-state index contributed by atoms with van der Waals surface area (Å²) >= 11 is 0. The Labute approximate surface area is 294 Å². The minimum atomic E-state index is -2.11. The molecule has 11 nitrogen and oxygen atoms in total. The molecule has 1 amide bonds. The number of hydrogen-bond donors (Lipinski definition) is 1. The number of ether oxygens (including phenoxy) is 1. The Balaban J connectivity index is 1.57. The van der Waals surface area contributed by atoms with Gasteiger partial charge in [-0.1, -0.05) is 55.7 Å². The Morgan fingerprint density at radius 1 is 1.00 bits per heavy atom. The number of hydroxylamine groups is 3. The molecule has 2 heterocycles. The van der Waals surface area contributed by atoms with Gasteiger partial charge >= 0.3 is 18.0 Å². The fraction of sp³-hybridized carbons (Fsp3) is 0.421. The second kappa shape index (κ2) is 14.6. The van der Waals surface area contributed by atoms with Gasteiger partial charge in [-0.3, -0.25) is 0 Å². The van der Waals surface area contributed by atoms with E-state index in [9.17, 15) is 29.9 Å². The second-order valence-electron chi connectivity index (χ2n) is 14.7. The number of likely N-dealkylation sites (tertiary alicyclic amines) is 1. The molecule has 2 bridgehead atoms. The largest absolute Gasteiger partial charge is 0.495 e. The number of quaternary nitrogens is 1. The molecular formula is C38H45N3O8Si. The topological polar surface area (TPSA) is 149 Å². The number of carbonyl (C=O) groups is 3. The van der Waals surface area contributed by atoms with Crippen molar-refractivity contribution in [2.45, 2.75) is 63.9 Å². The Hall–Kier alpha value is -4.70. The highest BCUT2D eigenvalue weighted by Crippen LogP contribution is 2.45. The summed E-state index contributed by atoms with van der Waals surface area (Å²) in [5, 5.41) is 32.8. The predicted molar refractivity (Wildman–Crippen MR) is 187 cm³/mol. The second-order valence-corrected chi connectivity index (χ2v) is 19.5. The van der Waals surface area contributed by atoms with Crippen molar-refractivity contribution in [2.75, 3.05) is 31.1 Å². The lowest BCUT2D eigenvalue weighted by atomic mass is 9.74. The summed E-state index contributed by atoms with van der Waals surface area (Å²) < 4.78 is 11.9. The van der Waals surface area contributed by atoms with Crippen LogP contribution in [0.5, 0.6) is 5.75 Å². The number of esters is 1. The number of rotatable bonds is 11. The maximum atomic E-state index is 13.5. The molecule has 0 radical (unpaired) electrons. The number of hydrogen-bond acceptors (Lipinski definition) is 9. The number of anilines is 1. The van der Waals surface area contributed by atoms with E-state index < -0.39 is 55.0 Å². The van der Waals surface area contributed by atoms with Gasteiger partial charge in [0.1, 0.15) is 18.7 Å². The highest BCUT2D eigenvalue weighted by molar-refractivity contribution is 6.74. The molecule has 2 saturated heterocycles. The van der Waals surface area contributed by atoms with Gasteiger partial charge in [-0.15, -0.1) is 0 Å². The summed E-state index contributed by atoms with van der Waals surface area (Å²) in [4.78, 5) is 47.7. The van der Waals surface area contributed by atoms with Crippen molar-refractivity contribution >= 4 is 32.0 Å². The number of carboxylic acids is 1. The van der Waals surface area contributed by atoms with E-state index in [1.54, 1.807) is 78.9 Å². The van der Waals surface area contributed by atoms with E-state index in [1.807, 2.05) is 4.90 Å². The van der Waals surface area contributed by atoms with Gasteiger partial charge in [-0.05, 0) is 73.1 Å². The Morgan fingerprint density at radius 2 is 1.66 bits per heavy atom. The maximum absolute atomic E-state index is 13.5. The van der Waals surface area contributed by atoms with Crippen LogP contribution < -0.4 is 14.8 Å². The van der Waals surface area contributed by atoms with Crippen LogP contribution in [0.4, 0.5) is 10.5 Å². The zero-order valence-electron chi connectivity index (χ0n) is 29.2. The molecule has 5 unspecified atom stereocenters. The third-order valence-corrected chi connectivity index (χ3v) is 15.0. The van der Waals surface area contributed by atoms with E-state index in [-0.39, 0.29) is 36.0 Å². The van der Waals surface area contributed by atoms with E-state index in [0.29, 0.717) is 36.3 Å². The molecule has 264 valence electrons. The van der Waals surface area contributed by atoms with Gasteiger partial charge < -0.3 is 33.9 Å². The first kappa shape index (κ1) is 36.6. The standard InChI is InChI=1S/C38H45N3O8Si/c1-38(2,3)50(4,5)47-21-11-16-33-31-24-40(32-15-10-9-14-30(32)35(42)43)23-28(34(31)48-36(44)27-12-7-6-8-13-27)25-41(33,37(45)46)49-29-19-17-26(22-39)18-20-29/h6-10,12-15,17-20,28,31,33-34H,11,16,21,23-25H2,1-5H3,(H-,42,43,45,46). The van der Waals surface area contributed by atoms with Crippen molar-refractivity contribution in [1.29, 1.82) is 5.26 Å². The predicted octanol–water partition coefficient (Wildman–Crippen LogP) is 5.87. The van der Waals surface area contributed by atoms with E-state index in [0.717, 1.165) is 0 Å². The number of carboxylic acid groups (broad SMARTS) is 2. The lowest BCUT2D eigenvalue weighted by molar-refractivity contribution is -1.06. The number of aromatic carboxylic acids is 1. The van der Waals surface area contributed by atoms with Crippen molar-refractivity contribution in [3.8, 4) is 11.8 Å². The molecule has 5 atom stereocenters. The molecule has 2 aliphatic rings. The zero-order valence-corrected chi connectivity index (χ0v) is 30.2. The number of amides is 1.